The summed E-state index contributed by atoms with van der Waals surface area (Å²) in [6.07, 6.45) is 3.67. The van der Waals surface area contributed by atoms with Crippen molar-refractivity contribution in [1.29, 1.82) is 0 Å². The van der Waals surface area contributed by atoms with E-state index in [-0.39, 0.29) is 11.9 Å². The molecule has 3 rings (SSSR count). The van der Waals surface area contributed by atoms with Crippen molar-refractivity contribution in [1.82, 2.24) is 19.9 Å². The van der Waals surface area contributed by atoms with Gasteiger partial charge in [0.1, 0.15) is 0 Å². The second-order valence-electron chi connectivity index (χ2n) is 7.04. The zero-order valence-electron chi connectivity index (χ0n) is 15.1. The summed E-state index contributed by atoms with van der Waals surface area (Å²) in [4.78, 5) is 19.9. The number of hydrogen-bond donors (Lipinski definition) is 0. The molecule has 3 heterocycles. The van der Waals surface area contributed by atoms with Gasteiger partial charge >= 0.3 is 6.03 Å². The highest BCUT2D eigenvalue weighted by molar-refractivity contribution is 5.74. The normalized spacial score (nSPS) is 21.7. The first-order chi connectivity index (χ1) is 12.1. The van der Waals surface area contributed by atoms with E-state index >= 15 is 0 Å². The fourth-order valence-electron chi connectivity index (χ4n) is 3.28. The van der Waals surface area contributed by atoms with Crippen LogP contribution in [0.15, 0.2) is 4.52 Å². The molecule has 0 spiro atoms. The molecule has 0 aromatic carbocycles. The maximum Gasteiger partial charge on any atom is 0.319 e. The van der Waals surface area contributed by atoms with E-state index in [9.17, 15) is 4.79 Å². The summed E-state index contributed by atoms with van der Waals surface area (Å²) in [6.45, 7) is 4.44. The Morgan fingerprint density at radius 3 is 2.88 bits per heavy atom. The third-order valence-corrected chi connectivity index (χ3v) is 4.84. The second-order valence-corrected chi connectivity index (χ2v) is 7.04. The molecule has 0 bridgehead atoms. The SMILES string of the molecule is CN(C)C(=O)N1CCC(c2nc(CCOCC3CCOCC3)no2)C1. The number of carbonyl (C=O) groups excluding carboxylic acids is 1. The minimum atomic E-state index is 0.0313. The van der Waals surface area contributed by atoms with E-state index in [0.29, 0.717) is 37.2 Å². The van der Waals surface area contributed by atoms with Crippen LogP contribution < -0.4 is 0 Å². The van der Waals surface area contributed by atoms with Crippen LogP contribution in [0.3, 0.4) is 0 Å². The Morgan fingerprint density at radius 1 is 1.32 bits per heavy atom. The third-order valence-electron chi connectivity index (χ3n) is 4.84. The molecule has 2 fully saturated rings. The van der Waals surface area contributed by atoms with Gasteiger partial charge < -0.3 is 23.8 Å². The van der Waals surface area contributed by atoms with E-state index in [4.69, 9.17) is 14.0 Å². The first kappa shape index (κ1) is 18.1. The first-order valence-electron chi connectivity index (χ1n) is 9.07. The van der Waals surface area contributed by atoms with Crippen LogP contribution in [-0.4, -0.2) is 79.6 Å². The van der Waals surface area contributed by atoms with Gasteiger partial charge in [-0.25, -0.2) is 4.79 Å². The molecule has 2 aliphatic heterocycles. The lowest BCUT2D eigenvalue weighted by molar-refractivity contribution is 0.0211. The lowest BCUT2D eigenvalue weighted by atomic mass is 10.0. The van der Waals surface area contributed by atoms with E-state index in [1.807, 2.05) is 4.90 Å². The van der Waals surface area contributed by atoms with Crippen molar-refractivity contribution in [3.63, 3.8) is 0 Å². The van der Waals surface area contributed by atoms with E-state index in [1.54, 1.807) is 19.0 Å². The molecule has 0 aliphatic carbocycles. The van der Waals surface area contributed by atoms with E-state index in [1.165, 1.54) is 0 Å². The van der Waals surface area contributed by atoms with Crippen LogP contribution in [-0.2, 0) is 15.9 Å². The number of likely N-dealkylation sites (tertiary alicyclic amines) is 1. The van der Waals surface area contributed by atoms with Gasteiger partial charge in [-0.1, -0.05) is 5.16 Å². The number of aromatic nitrogens is 2. The van der Waals surface area contributed by atoms with Gasteiger partial charge in [-0.05, 0) is 25.2 Å². The predicted octanol–water partition coefficient (Wildman–Crippen LogP) is 1.53. The van der Waals surface area contributed by atoms with Crippen LogP contribution in [0.4, 0.5) is 4.79 Å². The topological polar surface area (TPSA) is 80.9 Å². The van der Waals surface area contributed by atoms with Crippen molar-refractivity contribution in [2.45, 2.75) is 31.6 Å². The van der Waals surface area contributed by atoms with Gasteiger partial charge in [-0.2, -0.15) is 4.98 Å². The number of ether oxygens (including phenoxy) is 2. The number of carbonyl (C=O) groups is 1. The van der Waals surface area contributed by atoms with E-state index < -0.39 is 0 Å². The van der Waals surface area contributed by atoms with Crippen LogP contribution in [0.5, 0.6) is 0 Å². The van der Waals surface area contributed by atoms with Gasteiger partial charge in [0.05, 0.1) is 12.5 Å². The van der Waals surface area contributed by atoms with E-state index in [0.717, 1.165) is 45.6 Å². The summed E-state index contributed by atoms with van der Waals surface area (Å²) >= 11 is 0. The molecule has 1 unspecified atom stereocenters. The molecular weight excluding hydrogens is 324 g/mol. The molecule has 8 heteroatoms. The highest BCUT2D eigenvalue weighted by Crippen LogP contribution is 2.26. The fraction of sp³-hybridized carbons (Fsp3) is 0.824. The summed E-state index contributed by atoms with van der Waals surface area (Å²) in [5.41, 5.74) is 0. The second kappa shape index (κ2) is 8.62. The summed E-state index contributed by atoms with van der Waals surface area (Å²) in [6, 6.07) is 0.0313. The predicted molar refractivity (Wildman–Crippen MR) is 90.4 cm³/mol. The Morgan fingerprint density at radius 2 is 2.12 bits per heavy atom. The molecule has 1 aromatic rings. The summed E-state index contributed by atoms with van der Waals surface area (Å²) < 4.78 is 16.5. The van der Waals surface area contributed by atoms with Gasteiger partial charge in [0.25, 0.3) is 0 Å². The van der Waals surface area contributed by atoms with Crippen molar-refractivity contribution in [3.8, 4) is 0 Å². The Balaban J connectivity index is 1.39. The molecule has 2 amide bonds. The first-order valence-corrected chi connectivity index (χ1v) is 9.07. The summed E-state index contributed by atoms with van der Waals surface area (Å²) in [5, 5.41) is 4.05. The molecular formula is C17H28N4O4. The van der Waals surface area contributed by atoms with Crippen LogP contribution in [0, 0.1) is 5.92 Å². The van der Waals surface area contributed by atoms with Crippen LogP contribution in [0.1, 0.15) is 36.9 Å². The zero-order chi connectivity index (χ0) is 17.6. The quantitative estimate of drug-likeness (QED) is 0.722. The zero-order valence-corrected chi connectivity index (χ0v) is 15.1. The van der Waals surface area contributed by atoms with Crippen LogP contribution in [0.25, 0.3) is 0 Å². The standard InChI is InChI=1S/C17H28N4O4/c1-20(2)17(22)21-7-3-14(11-21)16-18-15(19-25-16)6-10-24-12-13-4-8-23-9-5-13/h13-14H,3-12H2,1-2H3. The van der Waals surface area contributed by atoms with Gasteiger partial charge in [-0.15, -0.1) is 0 Å². The Kier molecular flexibility index (Phi) is 6.25. The monoisotopic (exact) mass is 352 g/mol. The molecule has 2 saturated heterocycles. The van der Waals surface area contributed by atoms with E-state index in [2.05, 4.69) is 10.1 Å². The largest absolute Gasteiger partial charge is 0.381 e. The fourth-order valence-corrected chi connectivity index (χ4v) is 3.28. The van der Waals surface area contributed by atoms with Crippen LogP contribution in [0.2, 0.25) is 0 Å². The van der Waals surface area contributed by atoms with Gasteiger partial charge in [0.15, 0.2) is 5.82 Å². The minimum absolute atomic E-state index is 0.0313. The molecule has 1 aromatic heterocycles. The average molecular weight is 352 g/mol. The molecule has 0 radical (unpaired) electrons. The number of hydrogen-bond acceptors (Lipinski definition) is 6. The Labute approximate surface area is 148 Å². The Hall–Kier alpha value is -1.67. The molecule has 2 aliphatic rings. The van der Waals surface area contributed by atoms with Crippen molar-refractivity contribution < 1.29 is 18.8 Å². The molecule has 8 nitrogen and oxygen atoms in total. The maximum absolute atomic E-state index is 12.0. The average Bonchev–Trinajstić information content (AvgIpc) is 3.28. The summed E-state index contributed by atoms with van der Waals surface area (Å²) in [5.74, 6) is 2.05. The lowest BCUT2D eigenvalue weighted by Crippen LogP contribution is -2.37. The molecule has 1 atom stereocenters. The molecule has 0 N–H and O–H groups in total. The minimum Gasteiger partial charge on any atom is -0.381 e. The van der Waals surface area contributed by atoms with Gasteiger partial charge in [0.2, 0.25) is 5.89 Å². The number of rotatable bonds is 6. The molecule has 140 valence electrons. The highest BCUT2D eigenvalue weighted by Gasteiger charge is 2.31. The number of urea groups is 1. The molecule has 0 saturated carbocycles. The van der Waals surface area contributed by atoms with Gasteiger partial charge in [-0.3, -0.25) is 0 Å². The Bertz CT molecular complexity index is 557. The number of amides is 2. The third kappa shape index (κ3) is 4.92. The van der Waals surface area contributed by atoms with Crippen molar-refractivity contribution in [2.75, 3.05) is 53.6 Å². The molecule has 25 heavy (non-hydrogen) atoms. The van der Waals surface area contributed by atoms with Crippen LogP contribution >= 0.6 is 0 Å². The van der Waals surface area contributed by atoms with Crippen molar-refractivity contribution in [3.05, 3.63) is 11.7 Å². The van der Waals surface area contributed by atoms with Crippen molar-refractivity contribution >= 4 is 6.03 Å². The highest BCUT2D eigenvalue weighted by atomic mass is 16.5. The maximum atomic E-state index is 12.0. The lowest BCUT2D eigenvalue weighted by Gasteiger charge is -2.21. The summed E-state index contributed by atoms with van der Waals surface area (Å²) in [7, 11) is 3.53. The van der Waals surface area contributed by atoms with Crippen molar-refractivity contribution in [2.24, 2.45) is 5.92 Å². The van der Waals surface area contributed by atoms with Gasteiger partial charge in [0, 0.05) is 53.4 Å². The number of nitrogens with zero attached hydrogens (tertiary/aromatic N) is 4. The smallest absolute Gasteiger partial charge is 0.319 e.